The van der Waals surface area contributed by atoms with Crippen LogP contribution in [0.4, 0.5) is 11.4 Å². The van der Waals surface area contributed by atoms with Gasteiger partial charge >= 0.3 is 5.97 Å². The van der Waals surface area contributed by atoms with Crippen molar-refractivity contribution in [1.82, 2.24) is 0 Å². The summed E-state index contributed by atoms with van der Waals surface area (Å²) in [6, 6.07) is 4.66. The van der Waals surface area contributed by atoms with Gasteiger partial charge in [-0.1, -0.05) is 6.07 Å². The first-order valence-electron chi connectivity index (χ1n) is 5.17. The molecule has 0 aromatic heterocycles. The third kappa shape index (κ3) is 3.17. The lowest BCUT2D eigenvalue weighted by molar-refractivity contribution is -0.384. The predicted octanol–water partition coefficient (Wildman–Crippen LogP) is 1.81. The number of rotatable bonds is 5. The highest BCUT2D eigenvalue weighted by molar-refractivity contribution is 5.76. The number of carboxylic acids is 1. The molecular weight excluding hydrogens is 224 g/mol. The molecule has 92 valence electrons. The highest BCUT2D eigenvalue weighted by atomic mass is 16.6. The standard InChI is InChI=1S/C11H14N2O4/c1-3-12(7-11(14)15)10-6-8(2)4-5-9(10)13(16)17/h4-6H,3,7H2,1-2H3,(H,14,15). The molecule has 0 spiro atoms. The zero-order valence-electron chi connectivity index (χ0n) is 9.71. The summed E-state index contributed by atoms with van der Waals surface area (Å²) in [5.41, 5.74) is 1.13. The lowest BCUT2D eigenvalue weighted by Gasteiger charge is -2.20. The first kappa shape index (κ1) is 13.0. The van der Waals surface area contributed by atoms with Crippen molar-refractivity contribution in [2.75, 3.05) is 18.0 Å². The summed E-state index contributed by atoms with van der Waals surface area (Å²) in [6.07, 6.45) is 0. The summed E-state index contributed by atoms with van der Waals surface area (Å²) < 4.78 is 0. The first-order chi connectivity index (χ1) is 7.95. The van der Waals surface area contributed by atoms with Gasteiger partial charge in [0, 0.05) is 12.6 Å². The fourth-order valence-corrected chi connectivity index (χ4v) is 1.57. The van der Waals surface area contributed by atoms with Crippen LogP contribution in [-0.2, 0) is 4.79 Å². The van der Waals surface area contributed by atoms with Crippen molar-refractivity contribution in [3.05, 3.63) is 33.9 Å². The van der Waals surface area contributed by atoms with Crippen LogP contribution < -0.4 is 4.90 Å². The summed E-state index contributed by atoms with van der Waals surface area (Å²) in [5.74, 6) is -1.01. The van der Waals surface area contributed by atoms with Gasteiger partial charge in [-0.3, -0.25) is 14.9 Å². The number of carbonyl (C=O) groups is 1. The molecule has 0 atom stereocenters. The summed E-state index contributed by atoms with van der Waals surface area (Å²) >= 11 is 0. The normalized spacial score (nSPS) is 10.0. The van der Waals surface area contributed by atoms with E-state index in [1.165, 1.54) is 11.0 Å². The number of hydrogen-bond acceptors (Lipinski definition) is 4. The Bertz CT molecular complexity index is 445. The maximum atomic E-state index is 10.9. The van der Waals surface area contributed by atoms with Crippen molar-refractivity contribution in [2.24, 2.45) is 0 Å². The summed E-state index contributed by atoms with van der Waals surface area (Å²) in [6.45, 7) is 3.72. The predicted molar refractivity (Wildman–Crippen MR) is 63.4 cm³/mol. The van der Waals surface area contributed by atoms with Crippen LogP contribution in [0.15, 0.2) is 18.2 Å². The van der Waals surface area contributed by atoms with E-state index < -0.39 is 10.9 Å². The monoisotopic (exact) mass is 238 g/mol. The Labute approximate surface area is 98.6 Å². The van der Waals surface area contributed by atoms with E-state index in [0.717, 1.165) is 5.56 Å². The van der Waals surface area contributed by atoms with E-state index in [1.54, 1.807) is 19.1 Å². The SMILES string of the molecule is CCN(CC(=O)O)c1cc(C)ccc1[N+](=O)[O-]. The van der Waals surface area contributed by atoms with Gasteiger partial charge in [0.15, 0.2) is 0 Å². The molecule has 0 fully saturated rings. The van der Waals surface area contributed by atoms with Crippen LogP contribution in [-0.4, -0.2) is 29.1 Å². The number of aliphatic carboxylic acids is 1. The molecule has 1 N–H and O–H groups in total. The van der Waals surface area contributed by atoms with E-state index in [0.29, 0.717) is 12.2 Å². The number of aryl methyl sites for hydroxylation is 1. The number of nitrogens with zero attached hydrogens (tertiary/aromatic N) is 2. The van der Waals surface area contributed by atoms with Crippen LogP contribution in [0.3, 0.4) is 0 Å². The molecule has 0 radical (unpaired) electrons. The molecule has 0 aliphatic heterocycles. The number of hydrogen-bond donors (Lipinski definition) is 1. The van der Waals surface area contributed by atoms with E-state index >= 15 is 0 Å². The van der Waals surface area contributed by atoms with E-state index in [9.17, 15) is 14.9 Å². The van der Waals surface area contributed by atoms with Crippen LogP contribution in [0.1, 0.15) is 12.5 Å². The molecule has 6 heteroatoms. The van der Waals surface area contributed by atoms with Crippen molar-refractivity contribution in [2.45, 2.75) is 13.8 Å². The van der Waals surface area contributed by atoms with Gasteiger partial charge in [0.1, 0.15) is 12.2 Å². The lowest BCUT2D eigenvalue weighted by atomic mass is 10.1. The number of likely N-dealkylation sites (N-methyl/N-ethyl adjacent to an activating group) is 1. The van der Waals surface area contributed by atoms with Crippen molar-refractivity contribution in [1.29, 1.82) is 0 Å². The van der Waals surface area contributed by atoms with Crippen molar-refractivity contribution in [3.63, 3.8) is 0 Å². The number of benzene rings is 1. The summed E-state index contributed by atoms with van der Waals surface area (Å²) in [7, 11) is 0. The zero-order valence-corrected chi connectivity index (χ0v) is 9.71. The molecule has 0 bridgehead atoms. The van der Waals surface area contributed by atoms with Crippen LogP contribution >= 0.6 is 0 Å². The number of carboxylic acid groups (broad SMARTS) is 1. The molecule has 0 amide bonds. The third-order valence-corrected chi connectivity index (χ3v) is 2.38. The van der Waals surface area contributed by atoms with E-state index in [-0.39, 0.29) is 12.2 Å². The molecular formula is C11H14N2O4. The fraction of sp³-hybridized carbons (Fsp3) is 0.364. The molecule has 0 saturated carbocycles. The minimum atomic E-state index is -1.01. The third-order valence-electron chi connectivity index (χ3n) is 2.38. The maximum absolute atomic E-state index is 10.9. The second-order valence-corrected chi connectivity index (χ2v) is 3.66. The summed E-state index contributed by atoms with van der Waals surface area (Å²) in [5, 5.41) is 19.6. The van der Waals surface area contributed by atoms with Gasteiger partial charge < -0.3 is 10.0 Å². The van der Waals surface area contributed by atoms with Crippen molar-refractivity contribution < 1.29 is 14.8 Å². The minimum absolute atomic E-state index is 0.0706. The van der Waals surface area contributed by atoms with Gasteiger partial charge in [-0.15, -0.1) is 0 Å². The minimum Gasteiger partial charge on any atom is -0.480 e. The first-order valence-corrected chi connectivity index (χ1v) is 5.17. The van der Waals surface area contributed by atoms with Gasteiger partial charge in [0.05, 0.1) is 4.92 Å². The molecule has 0 aliphatic rings. The Morgan fingerprint density at radius 3 is 2.65 bits per heavy atom. The lowest BCUT2D eigenvalue weighted by Crippen LogP contribution is -2.29. The second kappa shape index (κ2) is 5.29. The Morgan fingerprint density at radius 1 is 1.53 bits per heavy atom. The van der Waals surface area contributed by atoms with Crippen molar-refractivity contribution in [3.8, 4) is 0 Å². The van der Waals surface area contributed by atoms with E-state index in [4.69, 9.17) is 5.11 Å². The van der Waals surface area contributed by atoms with Gasteiger partial charge in [-0.05, 0) is 25.5 Å². The maximum Gasteiger partial charge on any atom is 0.323 e. The molecule has 1 aromatic carbocycles. The van der Waals surface area contributed by atoms with Crippen molar-refractivity contribution >= 4 is 17.3 Å². The molecule has 0 saturated heterocycles. The van der Waals surface area contributed by atoms with Crippen LogP contribution in [0, 0.1) is 17.0 Å². The number of nitro groups is 1. The largest absolute Gasteiger partial charge is 0.480 e. The number of anilines is 1. The smallest absolute Gasteiger partial charge is 0.323 e. The van der Waals surface area contributed by atoms with Gasteiger partial charge in [-0.25, -0.2) is 0 Å². The Balaban J connectivity index is 3.20. The molecule has 0 unspecified atom stereocenters. The molecule has 17 heavy (non-hydrogen) atoms. The Hall–Kier alpha value is -2.11. The van der Waals surface area contributed by atoms with E-state index in [1.807, 2.05) is 6.92 Å². The quantitative estimate of drug-likeness (QED) is 0.624. The van der Waals surface area contributed by atoms with Crippen LogP contribution in [0.5, 0.6) is 0 Å². The second-order valence-electron chi connectivity index (χ2n) is 3.66. The highest BCUT2D eigenvalue weighted by Gasteiger charge is 2.19. The molecule has 6 nitrogen and oxygen atoms in total. The van der Waals surface area contributed by atoms with Gasteiger partial charge in [0.25, 0.3) is 5.69 Å². The molecule has 0 aliphatic carbocycles. The number of nitro benzene ring substituents is 1. The highest BCUT2D eigenvalue weighted by Crippen LogP contribution is 2.28. The zero-order chi connectivity index (χ0) is 13.0. The average Bonchev–Trinajstić information content (AvgIpc) is 2.25. The van der Waals surface area contributed by atoms with Gasteiger partial charge in [0.2, 0.25) is 0 Å². The fourth-order valence-electron chi connectivity index (χ4n) is 1.57. The molecule has 0 heterocycles. The molecule has 1 rings (SSSR count). The summed E-state index contributed by atoms with van der Waals surface area (Å²) in [4.78, 5) is 22.5. The van der Waals surface area contributed by atoms with E-state index in [2.05, 4.69) is 0 Å². The molecule has 1 aromatic rings. The Morgan fingerprint density at radius 2 is 2.18 bits per heavy atom. The topological polar surface area (TPSA) is 83.7 Å². The Kier molecular flexibility index (Phi) is 4.03. The van der Waals surface area contributed by atoms with Crippen LogP contribution in [0.25, 0.3) is 0 Å². The average molecular weight is 238 g/mol. The van der Waals surface area contributed by atoms with Crippen LogP contribution in [0.2, 0.25) is 0 Å². The van der Waals surface area contributed by atoms with Gasteiger partial charge in [-0.2, -0.15) is 0 Å².